The molecule has 0 aromatic carbocycles. The summed E-state index contributed by atoms with van der Waals surface area (Å²) >= 11 is 0. The van der Waals surface area contributed by atoms with Crippen molar-refractivity contribution in [3.05, 3.63) is 0 Å². The normalized spacial score (nSPS) is 40.9. The molecule has 0 aromatic rings. The number of aliphatic hydroxyl groups excluding tert-OH is 1. The van der Waals surface area contributed by atoms with Gasteiger partial charge in [0.25, 0.3) is 0 Å². The minimum Gasteiger partial charge on any atom is -0.393 e. The second-order valence-electron chi connectivity index (χ2n) is 4.86. The Kier molecular flexibility index (Phi) is 2.54. The average Bonchev–Trinajstić information content (AvgIpc) is 2.33. The topological polar surface area (TPSA) is 57.6 Å². The molecule has 1 aliphatic carbocycles. The van der Waals surface area contributed by atoms with Crippen molar-refractivity contribution in [3.63, 3.8) is 0 Å². The Morgan fingerprint density at radius 1 is 1.20 bits per heavy atom. The van der Waals surface area contributed by atoms with Gasteiger partial charge in [0.2, 0.25) is 11.8 Å². The lowest BCUT2D eigenvalue weighted by Gasteiger charge is -2.33. The van der Waals surface area contributed by atoms with Crippen molar-refractivity contribution in [2.45, 2.75) is 32.8 Å². The van der Waals surface area contributed by atoms with E-state index in [1.807, 2.05) is 0 Å². The predicted octanol–water partition coefficient (Wildman–Crippen LogP) is 0.398. The van der Waals surface area contributed by atoms with Crippen molar-refractivity contribution >= 4 is 11.8 Å². The summed E-state index contributed by atoms with van der Waals surface area (Å²) in [6.07, 6.45) is 1.22. The van der Waals surface area contributed by atoms with E-state index in [0.717, 1.165) is 12.8 Å². The van der Waals surface area contributed by atoms with Gasteiger partial charge in [0, 0.05) is 18.4 Å². The lowest BCUT2D eigenvalue weighted by Crippen LogP contribution is -2.41. The molecular weight excluding hydrogens is 194 g/mol. The van der Waals surface area contributed by atoms with Crippen LogP contribution in [0.25, 0.3) is 0 Å². The van der Waals surface area contributed by atoms with E-state index in [0.29, 0.717) is 12.5 Å². The van der Waals surface area contributed by atoms with Crippen molar-refractivity contribution in [2.75, 3.05) is 6.54 Å². The maximum Gasteiger partial charge on any atom is 0.232 e. The first-order valence-electron chi connectivity index (χ1n) is 5.54. The smallest absolute Gasteiger partial charge is 0.232 e. The zero-order valence-corrected chi connectivity index (χ0v) is 9.14. The van der Waals surface area contributed by atoms with E-state index >= 15 is 0 Å². The molecule has 1 N–H and O–H groups in total. The van der Waals surface area contributed by atoms with E-state index in [1.54, 1.807) is 13.8 Å². The highest BCUT2D eigenvalue weighted by molar-refractivity contribution is 6.04. The molecule has 2 atom stereocenters. The molecule has 15 heavy (non-hydrogen) atoms. The van der Waals surface area contributed by atoms with Gasteiger partial charge < -0.3 is 5.11 Å². The standard InChI is InChI=1S/C11H17NO3/c1-6-7(2)11(15)12(10(6)14)5-8-3-9(13)4-8/h6-9,13H,3-5H2,1-2H3. The van der Waals surface area contributed by atoms with Gasteiger partial charge in [-0.1, -0.05) is 13.8 Å². The Labute approximate surface area is 89.3 Å². The lowest BCUT2D eigenvalue weighted by molar-refractivity contribution is -0.141. The molecular formula is C11H17NO3. The monoisotopic (exact) mass is 211 g/mol. The van der Waals surface area contributed by atoms with E-state index in [-0.39, 0.29) is 29.8 Å². The van der Waals surface area contributed by atoms with Crippen molar-refractivity contribution in [1.29, 1.82) is 0 Å². The molecule has 2 aliphatic rings. The second-order valence-corrected chi connectivity index (χ2v) is 4.86. The molecule has 4 heteroatoms. The van der Waals surface area contributed by atoms with Gasteiger partial charge in [-0.2, -0.15) is 0 Å². The van der Waals surface area contributed by atoms with Gasteiger partial charge >= 0.3 is 0 Å². The molecule has 2 rings (SSSR count). The zero-order valence-electron chi connectivity index (χ0n) is 9.14. The number of hydrogen-bond donors (Lipinski definition) is 1. The largest absolute Gasteiger partial charge is 0.393 e. The van der Waals surface area contributed by atoms with E-state index in [9.17, 15) is 9.59 Å². The van der Waals surface area contributed by atoms with Crippen LogP contribution in [-0.2, 0) is 9.59 Å². The van der Waals surface area contributed by atoms with Crippen LogP contribution in [0.1, 0.15) is 26.7 Å². The fraction of sp³-hybridized carbons (Fsp3) is 0.818. The van der Waals surface area contributed by atoms with Crippen LogP contribution in [-0.4, -0.2) is 34.5 Å². The first-order chi connectivity index (χ1) is 7.00. The number of likely N-dealkylation sites (tertiary alicyclic amines) is 1. The van der Waals surface area contributed by atoms with Crippen LogP contribution < -0.4 is 0 Å². The van der Waals surface area contributed by atoms with Gasteiger partial charge in [0.05, 0.1) is 6.10 Å². The molecule has 0 radical (unpaired) electrons. The number of carbonyl (C=O) groups excluding carboxylic acids is 2. The summed E-state index contributed by atoms with van der Waals surface area (Å²) in [5.41, 5.74) is 0. The molecule has 1 saturated heterocycles. The van der Waals surface area contributed by atoms with Crippen LogP contribution in [0, 0.1) is 17.8 Å². The molecule has 2 unspecified atom stereocenters. The number of nitrogens with zero attached hydrogens (tertiary/aromatic N) is 1. The molecule has 1 heterocycles. The molecule has 84 valence electrons. The Hall–Kier alpha value is -0.900. The molecule has 0 spiro atoms. The third-order valence-electron chi connectivity index (χ3n) is 3.71. The third-order valence-corrected chi connectivity index (χ3v) is 3.71. The fourth-order valence-corrected chi connectivity index (χ4v) is 2.32. The first-order valence-corrected chi connectivity index (χ1v) is 5.54. The van der Waals surface area contributed by atoms with Gasteiger partial charge in [-0.25, -0.2) is 0 Å². The molecule has 1 saturated carbocycles. The van der Waals surface area contributed by atoms with Gasteiger partial charge in [0.1, 0.15) is 0 Å². The van der Waals surface area contributed by atoms with E-state index in [1.165, 1.54) is 4.90 Å². The summed E-state index contributed by atoms with van der Waals surface area (Å²) in [5, 5.41) is 9.14. The van der Waals surface area contributed by atoms with E-state index in [2.05, 4.69) is 0 Å². The lowest BCUT2D eigenvalue weighted by atomic mass is 9.82. The predicted molar refractivity (Wildman–Crippen MR) is 53.8 cm³/mol. The summed E-state index contributed by atoms with van der Waals surface area (Å²) in [7, 11) is 0. The van der Waals surface area contributed by atoms with Crippen LogP contribution in [0.15, 0.2) is 0 Å². The summed E-state index contributed by atoms with van der Waals surface area (Å²) in [6, 6.07) is 0. The minimum atomic E-state index is -0.224. The first kappa shape index (κ1) is 10.6. The van der Waals surface area contributed by atoms with Gasteiger partial charge in [-0.15, -0.1) is 0 Å². The molecule has 2 fully saturated rings. The Morgan fingerprint density at radius 2 is 1.67 bits per heavy atom. The maximum atomic E-state index is 11.7. The molecule has 0 aromatic heterocycles. The average molecular weight is 211 g/mol. The molecule has 0 bridgehead atoms. The van der Waals surface area contributed by atoms with Crippen molar-refractivity contribution in [1.82, 2.24) is 4.90 Å². The molecule has 1 aliphatic heterocycles. The summed E-state index contributed by atoms with van der Waals surface area (Å²) in [6.45, 7) is 4.12. The highest BCUT2D eigenvalue weighted by atomic mass is 16.3. The fourth-order valence-electron chi connectivity index (χ4n) is 2.32. The molecule has 2 amide bonds. The number of amides is 2. The number of aliphatic hydroxyl groups is 1. The van der Waals surface area contributed by atoms with Crippen LogP contribution >= 0.6 is 0 Å². The van der Waals surface area contributed by atoms with Crippen LogP contribution in [0.3, 0.4) is 0 Å². The van der Waals surface area contributed by atoms with Gasteiger partial charge in [-0.05, 0) is 18.8 Å². The minimum absolute atomic E-state index is 0.0473. The summed E-state index contributed by atoms with van der Waals surface area (Å²) in [4.78, 5) is 24.8. The highest BCUT2D eigenvalue weighted by Crippen LogP contribution is 2.32. The number of carbonyl (C=O) groups is 2. The van der Waals surface area contributed by atoms with Crippen LogP contribution in [0.5, 0.6) is 0 Å². The van der Waals surface area contributed by atoms with E-state index in [4.69, 9.17) is 5.11 Å². The SMILES string of the molecule is CC1C(=O)N(CC2CC(O)C2)C(=O)C1C. The number of rotatable bonds is 2. The number of hydrogen-bond acceptors (Lipinski definition) is 3. The second kappa shape index (κ2) is 3.59. The highest BCUT2D eigenvalue weighted by Gasteiger charge is 2.44. The Balaban J connectivity index is 1.97. The zero-order chi connectivity index (χ0) is 11.2. The summed E-state index contributed by atoms with van der Waals surface area (Å²) < 4.78 is 0. The van der Waals surface area contributed by atoms with E-state index < -0.39 is 0 Å². The van der Waals surface area contributed by atoms with Crippen molar-refractivity contribution in [3.8, 4) is 0 Å². The van der Waals surface area contributed by atoms with Crippen LogP contribution in [0.4, 0.5) is 0 Å². The quantitative estimate of drug-likeness (QED) is 0.672. The van der Waals surface area contributed by atoms with Crippen LogP contribution in [0.2, 0.25) is 0 Å². The van der Waals surface area contributed by atoms with Crippen molar-refractivity contribution < 1.29 is 14.7 Å². The van der Waals surface area contributed by atoms with Gasteiger partial charge in [0.15, 0.2) is 0 Å². The Bertz CT molecular complexity index is 276. The maximum absolute atomic E-state index is 11.7. The number of imide groups is 1. The summed E-state index contributed by atoms with van der Waals surface area (Å²) in [5.74, 6) is -0.141. The molecule has 4 nitrogen and oxygen atoms in total. The van der Waals surface area contributed by atoms with Gasteiger partial charge in [-0.3, -0.25) is 14.5 Å². The Morgan fingerprint density at radius 3 is 2.07 bits per heavy atom. The third kappa shape index (κ3) is 1.67. The van der Waals surface area contributed by atoms with Crippen molar-refractivity contribution in [2.24, 2.45) is 17.8 Å².